The van der Waals surface area contributed by atoms with Crippen LogP contribution < -0.4 is 5.32 Å². The number of halogens is 2. The minimum absolute atomic E-state index is 0.0343. The fourth-order valence-electron chi connectivity index (χ4n) is 3.26. The summed E-state index contributed by atoms with van der Waals surface area (Å²) in [5.74, 6) is -0.888. The Kier molecular flexibility index (Phi) is 6.82. The van der Waals surface area contributed by atoms with Crippen LogP contribution in [-0.4, -0.2) is 45.9 Å². The van der Waals surface area contributed by atoms with E-state index in [0.717, 1.165) is 5.56 Å². The van der Waals surface area contributed by atoms with E-state index in [-0.39, 0.29) is 24.1 Å². The van der Waals surface area contributed by atoms with Crippen molar-refractivity contribution in [3.63, 3.8) is 0 Å². The maximum atomic E-state index is 13.0. The molecule has 8 heteroatoms. The number of hydrogen-bond donors (Lipinski definition) is 1. The maximum absolute atomic E-state index is 13.0. The van der Waals surface area contributed by atoms with E-state index in [2.05, 4.69) is 5.32 Å². The number of carbonyl (C=O) groups excluding carboxylic acids is 2. The molecule has 1 heterocycles. The Bertz CT molecular complexity index is 905. The second kappa shape index (κ2) is 9.33. The van der Waals surface area contributed by atoms with E-state index in [1.54, 1.807) is 4.90 Å². The molecule has 1 aliphatic heterocycles. The molecule has 5 nitrogen and oxygen atoms in total. The molecule has 3 rings (SSSR count). The summed E-state index contributed by atoms with van der Waals surface area (Å²) < 4.78 is 13.0. The van der Waals surface area contributed by atoms with E-state index in [4.69, 9.17) is 23.8 Å². The van der Waals surface area contributed by atoms with Crippen LogP contribution >= 0.6 is 23.8 Å². The standard InChI is InChI=1S/C21H21ClFN3O2S/c1-2-25-20(28)18(13-19(27)24-17-9-7-16(23)8-10-17)26(21(25)29)12-11-14-3-5-15(22)6-4-14/h3-10,18H,2,11-13H2,1H3,(H,24,27)/t18-/m1/s1. The number of carbonyl (C=O) groups is 2. The zero-order chi connectivity index (χ0) is 21.0. The van der Waals surface area contributed by atoms with Gasteiger partial charge in [0.2, 0.25) is 5.91 Å². The van der Waals surface area contributed by atoms with Gasteiger partial charge in [0.1, 0.15) is 11.9 Å². The Morgan fingerprint density at radius 1 is 1.17 bits per heavy atom. The van der Waals surface area contributed by atoms with Gasteiger partial charge in [-0.25, -0.2) is 4.39 Å². The number of likely N-dealkylation sites (N-methyl/N-ethyl adjacent to an activating group) is 1. The van der Waals surface area contributed by atoms with Crippen molar-refractivity contribution in [3.05, 3.63) is 64.9 Å². The van der Waals surface area contributed by atoms with Crippen LogP contribution in [-0.2, 0) is 16.0 Å². The number of hydrogen-bond acceptors (Lipinski definition) is 3. The number of nitrogens with one attached hydrogen (secondary N) is 1. The summed E-state index contributed by atoms with van der Waals surface area (Å²) in [4.78, 5) is 28.6. The smallest absolute Gasteiger partial charge is 0.252 e. The van der Waals surface area contributed by atoms with Crippen LogP contribution in [0.4, 0.5) is 10.1 Å². The molecule has 1 saturated heterocycles. The largest absolute Gasteiger partial charge is 0.336 e. The molecule has 0 aliphatic carbocycles. The van der Waals surface area contributed by atoms with E-state index in [1.807, 2.05) is 31.2 Å². The molecule has 0 bridgehead atoms. The molecule has 0 saturated carbocycles. The van der Waals surface area contributed by atoms with Crippen LogP contribution in [0.5, 0.6) is 0 Å². The van der Waals surface area contributed by atoms with Crippen molar-refractivity contribution in [3.8, 4) is 0 Å². The summed E-state index contributed by atoms with van der Waals surface area (Å²) >= 11 is 11.4. The normalized spacial score (nSPS) is 16.4. The van der Waals surface area contributed by atoms with E-state index < -0.39 is 6.04 Å². The molecule has 0 aromatic heterocycles. The summed E-state index contributed by atoms with van der Waals surface area (Å²) in [6.07, 6.45) is 0.631. The third-order valence-corrected chi connectivity index (χ3v) is 5.49. The maximum Gasteiger partial charge on any atom is 0.252 e. The molecule has 2 aromatic carbocycles. The van der Waals surface area contributed by atoms with Gasteiger partial charge < -0.3 is 10.2 Å². The molecule has 1 fully saturated rings. The SMILES string of the molecule is CCN1C(=O)[C@@H](CC(=O)Nc2ccc(F)cc2)N(CCc2ccc(Cl)cc2)C1=S. The Labute approximate surface area is 179 Å². The first-order chi connectivity index (χ1) is 13.9. The highest BCUT2D eigenvalue weighted by molar-refractivity contribution is 7.80. The average molecular weight is 434 g/mol. The molecule has 0 spiro atoms. The molecule has 1 atom stereocenters. The quantitative estimate of drug-likeness (QED) is 0.673. The zero-order valence-electron chi connectivity index (χ0n) is 15.9. The second-order valence-corrected chi connectivity index (χ2v) is 7.51. The van der Waals surface area contributed by atoms with Gasteiger partial charge >= 0.3 is 0 Å². The number of amides is 2. The fourth-order valence-corrected chi connectivity index (χ4v) is 3.82. The minimum Gasteiger partial charge on any atom is -0.336 e. The lowest BCUT2D eigenvalue weighted by atomic mass is 10.1. The Hall–Kier alpha value is -2.51. The first-order valence-electron chi connectivity index (χ1n) is 9.31. The molecule has 0 unspecified atom stereocenters. The van der Waals surface area contributed by atoms with Crippen molar-refractivity contribution in [1.82, 2.24) is 9.80 Å². The topological polar surface area (TPSA) is 52.7 Å². The van der Waals surface area contributed by atoms with Gasteiger partial charge in [-0.3, -0.25) is 14.5 Å². The van der Waals surface area contributed by atoms with Crippen LogP contribution in [0.25, 0.3) is 0 Å². The summed E-state index contributed by atoms with van der Waals surface area (Å²) in [5.41, 5.74) is 1.54. The lowest BCUT2D eigenvalue weighted by Gasteiger charge is -2.23. The van der Waals surface area contributed by atoms with Gasteiger partial charge in [0.15, 0.2) is 5.11 Å². The van der Waals surface area contributed by atoms with Gasteiger partial charge in [0, 0.05) is 23.8 Å². The predicted molar refractivity (Wildman–Crippen MR) is 115 cm³/mol. The molecule has 29 heavy (non-hydrogen) atoms. The zero-order valence-corrected chi connectivity index (χ0v) is 17.5. The third-order valence-electron chi connectivity index (χ3n) is 4.78. The van der Waals surface area contributed by atoms with Crippen LogP contribution in [0.15, 0.2) is 48.5 Å². The van der Waals surface area contributed by atoms with Crippen LogP contribution in [0.2, 0.25) is 5.02 Å². The first kappa shape index (κ1) is 21.2. The van der Waals surface area contributed by atoms with E-state index in [1.165, 1.54) is 29.2 Å². The molecular formula is C21H21ClFN3O2S. The highest BCUT2D eigenvalue weighted by atomic mass is 35.5. The predicted octanol–water partition coefficient (Wildman–Crippen LogP) is 3.87. The molecule has 152 valence electrons. The van der Waals surface area contributed by atoms with Crippen LogP contribution in [0.1, 0.15) is 18.9 Å². The number of anilines is 1. The van der Waals surface area contributed by atoms with Crippen molar-refractivity contribution in [2.24, 2.45) is 0 Å². The highest BCUT2D eigenvalue weighted by Crippen LogP contribution is 2.22. The molecule has 2 amide bonds. The van der Waals surface area contributed by atoms with E-state index >= 15 is 0 Å². The van der Waals surface area contributed by atoms with Gasteiger partial charge in [0.25, 0.3) is 5.91 Å². The average Bonchev–Trinajstić information content (AvgIpc) is 2.92. The van der Waals surface area contributed by atoms with Gasteiger partial charge in [-0.05, 0) is 67.5 Å². The lowest BCUT2D eigenvalue weighted by Crippen LogP contribution is -2.39. The third kappa shape index (κ3) is 5.10. The summed E-state index contributed by atoms with van der Waals surface area (Å²) in [7, 11) is 0. The molecule has 2 aromatic rings. The Morgan fingerprint density at radius 2 is 1.83 bits per heavy atom. The molecule has 1 aliphatic rings. The number of nitrogens with zero attached hydrogens (tertiary/aromatic N) is 2. The van der Waals surface area contributed by atoms with E-state index in [9.17, 15) is 14.0 Å². The first-order valence-corrected chi connectivity index (χ1v) is 10.1. The van der Waals surface area contributed by atoms with Crippen LogP contribution in [0.3, 0.4) is 0 Å². The summed E-state index contributed by atoms with van der Waals surface area (Å²) in [6.45, 7) is 2.81. The van der Waals surface area contributed by atoms with Crippen molar-refractivity contribution >= 4 is 46.4 Å². The lowest BCUT2D eigenvalue weighted by molar-refractivity contribution is -0.130. The molecule has 1 N–H and O–H groups in total. The number of benzene rings is 2. The van der Waals surface area contributed by atoms with Gasteiger partial charge in [0.05, 0.1) is 6.42 Å². The number of thiocarbonyl (C=S) groups is 1. The highest BCUT2D eigenvalue weighted by Gasteiger charge is 2.42. The molecular weight excluding hydrogens is 413 g/mol. The second-order valence-electron chi connectivity index (χ2n) is 6.71. The van der Waals surface area contributed by atoms with Crippen LogP contribution in [0, 0.1) is 5.82 Å². The molecule has 0 radical (unpaired) electrons. The van der Waals surface area contributed by atoms with Crippen molar-refractivity contribution in [1.29, 1.82) is 0 Å². The minimum atomic E-state index is -0.657. The Balaban J connectivity index is 1.69. The van der Waals surface area contributed by atoms with Crippen molar-refractivity contribution in [2.75, 3.05) is 18.4 Å². The monoisotopic (exact) mass is 433 g/mol. The van der Waals surface area contributed by atoms with Gasteiger partial charge in [-0.15, -0.1) is 0 Å². The van der Waals surface area contributed by atoms with Crippen molar-refractivity contribution in [2.45, 2.75) is 25.8 Å². The van der Waals surface area contributed by atoms with Crippen molar-refractivity contribution < 1.29 is 14.0 Å². The number of rotatable bonds is 7. The Morgan fingerprint density at radius 3 is 2.45 bits per heavy atom. The van der Waals surface area contributed by atoms with Gasteiger partial charge in [-0.1, -0.05) is 23.7 Å². The van der Waals surface area contributed by atoms with Gasteiger partial charge in [-0.2, -0.15) is 0 Å². The fraction of sp³-hybridized carbons (Fsp3) is 0.286. The van der Waals surface area contributed by atoms with E-state index in [0.29, 0.717) is 35.3 Å². The summed E-state index contributed by atoms with van der Waals surface area (Å²) in [5, 5.41) is 3.80. The summed E-state index contributed by atoms with van der Waals surface area (Å²) in [6, 6.07) is 12.3.